The Hall–Kier alpha value is -1.97. The molecule has 0 radical (unpaired) electrons. The van der Waals surface area contributed by atoms with Gasteiger partial charge in [0.1, 0.15) is 5.92 Å². The lowest BCUT2D eigenvalue weighted by molar-refractivity contribution is -0.175. The van der Waals surface area contributed by atoms with Crippen LogP contribution in [0.1, 0.15) is 32.6 Å². The Morgan fingerprint density at radius 3 is 2.41 bits per heavy atom. The smallest absolute Gasteiger partial charge is 0.338 e. The molecule has 10 heteroatoms. The summed E-state index contributed by atoms with van der Waals surface area (Å²) in [6.45, 7) is 1.73. The van der Waals surface area contributed by atoms with Crippen molar-refractivity contribution < 1.29 is 37.6 Å². The number of carbonyl (C=O) groups is 4. The molecule has 1 aliphatic heterocycles. The first-order valence-electron chi connectivity index (χ1n) is 6.56. The number of ketones is 1. The quantitative estimate of drug-likeness (QED) is 0.422. The first-order chi connectivity index (χ1) is 10.1. The predicted octanol–water partition coefficient (Wildman–Crippen LogP) is 0.557. The zero-order chi connectivity index (χ0) is 17.1. The van der Waals surface area contributed by atoms with Crippen LogP contribution in [0, 0.1) is 5.92 Å². The molecule has 2 atom stereocenters. The minimum atomic E-state index is -5.16. The van der Waals surface area contributed by atoms with Crippen LogP contribution in [0.25, 0.3) is 0 Å². The molecule has 1 rings (SSSR count). The van der Waals surface area contributed by atoms with Gasteiger partial charge in [-0.25, -0.2) is 0 Å². The van der Waals surface area contributed by atoms with Crippen LogP contribution in [0.2, 0.25) is 0 Å². The highest BCUT2D eigenvalue weighted by Crippen LogP contribution is 2.22. The fourth-order valence-electron chi connectivity index (χ4n) is 2.02. The molecular weight excluding hydrogens is 309 g/mol. The first-order valence-corrected chi connectivity index (χ1v) is 6.56. The maximum absolute atomic E-state index is 12.3. The summed E-state index contributed by atoms with van der Waals surface area (Å²) < 4.78 is 36.8. The number of alkyl halides is 3. The molecule has 1 heterocycles. The van der Waals surface area contributed by atoms with Gasteiger partial charge in [-0.1, -0.05) is 19.8 Å². The second-order valence-corrected chi connectivity index (χ2v) is 4.87. The molecule has 0 aromatic heterocycles. The summed E-state index contributed by atoms with van der Waals surface area (Å²) in [5.74, 6) is -7.09. The van der Waals surface area contributed by atoms with E-state index in [-0.39, 0.29) is 11.5 Å². The van der Waals surface area contributed by atoms with E-state index in [4.69, 9.17) is 5.21 Å². The van der Waals surface area contributed by atoms with E-state index >= 15 is 0 Å². The highest BCUT2D eigenvalue weighted by atomic mass is 19.4. The number of rotatable bonds is 6. The second-order valence-electron chi connectivity index (χ2n) is 4.87. The van der Waals surface area contributed by atoms with Crippen LogP contribution in [0.3, 0.4) is 0 Å². The van der Waals surface area contributed by atoms with Crippen LogP contribution < -0.4 is 5.32 Å². The van der Waals surface area contributed by atoms with Gasteiger partial charge in [-0.3, -0.25) is 24.4 Å². The van der Waals surface area contributed by atoms with Gasteiger partial charge in [0.25, 0.3) is 11.8 Å². The molecule has 2 N–H and O–H groups in total. The van der Waals surface area contributed by atoms with Crippen LogP contribution in [-0.2, 0) is 19.2 Å². The van der Waals surface area contributed by atoms with E-state index in [2.05, 4.69) is 0 Å². The van der Waals surface area contributed by atoms with Gasteiger partial charge in [0, 0.05) is 6.42 Å². The molecule has 0 saturated carbocycles. The van der Waals surface area contributed by atoms with Crippen LogP contribution >= 0.6 is 0 Å². The Morgan fingerprint density at radius 1 is 1.41 bits per heavy atom. The van der Waals surface area contributed by atoms with Crippen molar-refractivity contribution in [2.75, 3.05) is 0 Å². The van der Waals surface area contributed by atoms with Gasteiger partial charge in [0.2, 0.25) is 0 Å². The fraction of sp³-hybridized carbons (Fsp3) is 0.667. The number of amides is 3. The largest absolute Gasteiger partial charge is 0.471 e. The molecular formula is C12H15F3N2O5. The van der Waals surface area contributed by atoms with Gasteiger partial charge in [-0.15, -0.1) is 0 Å². The maximum atomic E-state index is 12.3. The van der Waals surface area contributed by atoms with Crippen molar-refractivity contribution in [2.45, 2.75) is 44.8 Å². The summed E-state index contributed by atoms with van der Waals surface area (Å²) in [6, 6.07) is -1.54. The van der Waals surface area contributed by atoms with Crippen LogP contribution in [-0.4, -0.2) is 46.0 Å². The van der Waals surface area contributed by atoms with Gasteiger partial charge >= 0.3 is 12.1 Å². The molecule has 0 aromatic rings. The van der Waals surface area contributed by atoms with Gasteiger partial charge < -0.3 is 5.32 Å². The maximum Gasteiger partial charge on any atom is 0.471 e. The predicted molar refractivity (Wildman–Crippen MR) is 64.3 cm³/mol. The average Bonchev–Trinajstić information content (AvgIpc) is 2.69. The molecule has 22 heavy (non-hydrogen) atoms. The number of Topliss-reactive ketones (excluding diaryl/α,β-unsaturated/α-hetero) is 1. The van der Waals surface area contributed by atoms with E-state index < -0.39 is 48.1 Å². The molecule has 1 aliphatic rings. The summed E-state index contributed by atoms with van der Waals surface area (Å²) >= 11 is 0. The Kier molecular flexibility index (Phi) is 5.64. The average molecular weight is 324 g/mol. The number of nitrogens with one attached hydrogen (secondary N) is 1. The van der Waals surface area contributed by atoms with Gasteiger partial charge in [-0.2, -0.15) is 18.2 Å². The highest BCUT2D eigenvalue weighted by Gasteiger charge is 2.46. The Balaban J connectivity index is 2.87. The zero-order valence-corrected chi connectivity index (χ0v) is 11.6. The number of halogens is 3. The first kappa shape index (κ1) is 18.1. The van der Waals surface area contributed by atoms with E-state index in [9.17, 15) is 32.3 Å². The second kappa shape index (κ2) is 6.86. The van der Waals surface area contributed by atoms with Crippen LogP contribution in [0.4, 0.5) is 13.2 Å². The molecule has 1 fully saturated rings. The Labute approximate surface area is 123 Å². The number of unbranched alkanes of at least 4 members (excludes halogenated alkanes) is 1. The third-order valence-corrected chi connectivity index (χ3v) is 3.22. The highest BCUT2D eigenvalue weighted by molar-refractivity contribution is 6.14. The summed E-state index contributed by atoms with van der Waals surface area (Å²) in [6.07, 6.45) is -5.00. The number of hydrogen-bond donors (Lipinski definition) is 2. The van der Waals surface area contributed by atoms with Gasteiger partial charge in [-0.05, 0) is 6.42 Å². The molecule has 0 aromatic carbocycles. The van der Waals surface area contributed by atoms with Crippen molar-refractivity contribution in [1.82, 2.24) is 10.4 Å². The molecule has 0 spiro atoms. The molecule has 124 valence electrons. The monoisotopic (exact) mass is 324 g/mol. The van der Waals surface area contributed by atoms with E-state index in [0.717, 1.165) is 0 Å². The van der Waals surface area contributed by atoms with Crippen LogP contribution in [0.5, 0.6) is 0 Å². The zero-order valence-electron chi connectivity index (χ0n) is 11.6. The Bertz CT molecular complexity index is 492. The number of imide groups is 1. The third kappa shape index (κ3) is 4.03. The molecule has 3 amide bonds. The normalized spacial score (nSPS) is 20.2. The van der Waals surface area contributed by atoms with Crippen molar-refractivity contribution >= 4 is 23.5 Å². The topological polar surface area (TPSA) is 104 Å². The summed E-state index contributed by atoms with van der Waals surface area (Å²) in [7, 11) is 0. The van der Waals surface area contributed by atoms with Crippen molar-refractivity contribution in [2.24, 2.45) is 5.92 Å². The third-order valence-electron chi connectivity index (χ3n) is 3.22. The van der Waals surface area contributed by atoms with E-state index in [1.165, 1.54) is 0 Å². The van der Waals surface area contributed by atoms with E-state index in [1.807, 2.05) is 0 Å². The lowest BCUT2D eigenvalue weighted by atomic mass is 9.93. The SMILES string of the molecule is CCCCC(NC(=O)C(F)(F)F)C(=O)C1CC(=O)N(O)C1=O. The molecule has 0 aliphatic carbocycles. The summed E-state index contributed by atoms with van der Waals surface area (Å²) in [5.41, 5.74) is 0. The lowest BCUT2D eigenvalue weighted by Crippen LogP contribution is -2.49. The lowest BCUT2D eigenvalue weighted by Gasteiger charge is -2.20. The van der Waals surface area contributed by atoms with Crippen molar-refractivity contribution in [1.29, 1.82) is 0 Å². The minimum absolute atomic E-state index is 0.0967. The minimum Gasteiger partial charge on any atom is -0.338 e. The van der Waals surface area contributed by atoms with Gasteiger partial charge in [0.05, 0.1) is 6.04 Å². The summed E-state index contributed by atoms with van der Waals surface area (Å²) in [5, 5.41) is 10.4. The standard InChI is InChI=1S/C12H15F3N2O5/c1-2-3-4-7(16-11(21)12(13,14)15)9(19)6-5-8(18)17(22)10(6)20/h6-7,22H,2-5H2,1H3,(H,16,21). The van der Waals surface area contributed by atoms with Gasteiger partial charge in [0.15, 0.2) is 5.78 Å². The molecule has 2 unspecified atom stereocenters. The van der Waals surface area contributed by atoms with E-state index in [1.54, 1.807) is 12.2 Å². The van der Waals surface area contributed by atoms with Crippen molar-refractivity contribution in [3.05, 3.63) is 0 Å². The molecule has 1 saturated heterocycles. The fourth-order valence-corrected chi connectivity index (χ4v) is 2.02. The number of hydrogen-bond acceptors (Lipinski definition) is 5. The summed E-state index contributed by atoms with van der Waals surface area (Å²) in [4.78, 5) is 45.8. The Morgan fingerprint density at radius 2 is 2.00 bits per heavy atom. The van der Waals surface area contributed by atoms with E-state index in [0.29, 0.717) is 12.8 Å². The number of hydroxylamine groups is 2. The number of carbonyl (C=O) groups excluding carboxylic acids is 4. The van der Waals surface area contributed by atoms with Crippen molar-refractivity contribution in [3.8, 4) is 0 Å². The molecule has 7 nitrogen and oxygen atoms in total. The van der Waals surface area contributed by atoms with Crippen LogP contribution in [0.15, 0.2) is 0 Å². The number of nitrogens with zero attached hydrogens (tertiary/aromatic N) is 1. The molecule has 0 bridgehead atoms. The van der Waals surface area contributed by atoms with Crippen molar-refractivity contribution in [3.63, 3.8) is 0 Å².